The van der Waals surface area contributed by atoms with Gasteiger partial charge in [0.1, 0.15) is 6.54 Å². The molecule has 164 valence electrons. The zero-order valence-corrected chi connectivity index (χ0v) is 17.1. The van der Waals surface area contributed by atoms with Gasteiger partial charge < -0.3 is 18.8 Å². The van der Waals surface area contributed by atoms with Gasteiger partial charge in [-0.2, -0.15) is 0 Å². The summed E-state index contributed by atoms with van der Waals surface area (Å²) in [5.41, 5.74) is -0.223. The van der Waals surface area contributed by atoms with Crippen LogP contribution in [-0.2, 0) is 43.4 Å². The van der Waals surface area contributed by atoms with E-state index < -0.39 is 36.3 Å². The van der Waals surface area contributed by atoms with Crippen molar-refractivity contribution in [1.29, 1.82) is 0 Å². The van der Waals surface area contributed by atoms with E-state index >= 15 is 0 Å². The molecule has 0 aliphatic rings. The maximum absolute atomic E-state index is 13.1. The number of methoxy groups -OCH3 is 2. The van der Waals surface area contributed by atoms with E-state index in [4.69, 9.17) is 9.47 Å². The molecule has 2 aromatic heterocycles. The van der Waals surface area contributed by atoms with Crippen molar-refractivity contribution in [3.8, 4) is 0 Å². The van der Waals surface area contributed by atoms with Crippen LogP contribution in [-0.4, -0.2) is 58.1 Å². The molecule has 3 aromatic rings. The van der Waals surface area contributed by atoms with Crippen molar-refractivity contribution in [2.45, 2.75) is 19.6 Å². The number of ether oxygens (including phenoxy) is 3. The zero-order chi connectivity index (χ0) is 22.4. The number of esters is 2. The Morgan fingerprint density at radius 3 is 2.45 bits per heavy atom. The minimum atomic E-state index is -0.918. The number of aromatic nitrogens is 4. The topological polar surface area (TPSA) is 124 Å². The lowest BCUT2D eigenvalue weighted by molar-refractivity contribution is -0.157. The molecule has 0 spiro atoms. The van der Waals surface area contributed by atoms with Gasteiger partial charge in [-0.05, 0) is 5.56 Å². The molecule has 0 saturated carbocycles. The third-order valence-corrected chi connectivity index (χ3v) is 4.57. The first-order valence-electron chi connectivity index (χ1n) is 9.40. The number of hydrogen-bond donors (Lipinski definition) is 0. The first-order chi connectivity index (χ1) is 15.0. The summed E-state index contributed by atoms with van der Waals surface area (Å²) in [7, 11) is 2.68. The van der Waals surface area contributed by atoms with Gasteiger partial charge >= 0.3 is 17.6 Å². The number of hydrogen-bond acceptors (Lipinski definition) is 8. The number of nitrogens with zero attached hydrogens (tertiary/aromatic N) is 4. The van der Waals surface area contributed by atoms with Crippen molar-refractivity contribution in [3.05, 3.63) is 63.1 Å². The van der Waals surface area contributed by atoms with Crippen molar-refractivity contribution in [1.82, 2.24) is 18.7 Å². The highest BCUT2D eigenvalue weighted by molar-refractivity contribution is 5.76. The molecular weight excluding hydrogens is 408 g/mol. The van der Waals surface area contributed by atoms with Gasteiger partial charge in [-0.1, -0.05) is 30.3 Å². The van der Waals surface area contributed by atoms with E-state index in [0.717, 1.165) is 17.2 Å². The number of carbonyl (C=O) groups excluding carboxylic acids is 2. The van der Waals surface area contributed by atoms with Crippen LogP contribution in [0.5, 0.6) is 0 Å². The molecule has 0 atom stereocenters. The fourth-order valence-corrected chi connectivity index (χ4v) is 3.02. The molecule has 3 rings (SSSR count). The summed E-state index contributed by atoms with van der Waals surface area (Å²) in [5, 5.41) is 0. The molecule has 0 radical (unpaired) electrons. The molecule has 1 aromatic carbocycles. The first-order valence-corrected chi connectivity index (χ1v) is 9.40. The van der Waals surface area contributed by atoms with Crippen molar-refractivity contribution in [3.63, 3.8) is 0 Å². The Bertz CT molecular complexity index is 1190. The van der Waals surface area contributed by atoms with Crippen LogP contribution < -0.4 is 11.2 Å². The monoisotopic (exact) mass is 430 g/mol. The van der Waals surface area contributed by atoms with Crippen LogP contribution in [0.1, 0.15) is 5.56 Å². The Labute approximate surface area is 176 Å². The third-order valence-electron chi connectivity index (χ3n) is 4.57. The van der Waals surface area contributed by atoms with Crippen LogP contribution in [0.15, 0.2) is 46.2 Å². The fraction of sp³-hybridized carbons (Fsp3) is 0.350. The molecule has 0 amide bonds. The van der Waals surface area contributed by atoms with Gasteiger partial charge in [-0.25, -0.2) is 19.1 Å². The van der Waals surface area contributed by atoms with Crippen molar-refractivity contribution in [2.24, 2.45) is 0 Å². The molecule has 11 nitrogen and oxygen atoms in total. The summed E-state index contributed by atoms with van der Waals surface area (Å²) in [6, 6.07) is 9.17. The van der Waals surface area contributed by atoms with E-state index in [1.54, 1.807) is 4.57 Å². The third kappa shape index (κ3) is 4.89. The largest absolute Gasteiger partial charge is 0.466 e. The van der Waals surface area contributed by atoms with Crippen molar-refractivity contribution >= 4 is 23.1 Å². The summed E-state index contributed by atoms with van der Waals surface area (Å²) in [5.74, 6) is -1.67. The molecular formula is C20H22N4O7. The average Bonchev–Trinajstić information content (AvgIpc) is 3.21. The van der Waals surface area contributed by atoms with E-state index in [-0.39, 0.29) is 17.7 Å². The SMILES string of the molecule is COCCn1cnc2c1c(=O)n(CC(=O)OCC(=O)OC)c(=O)n2Cc1ccccc1. The van der Waals surface area contributed by atoms with Crippen LogP contribution >= 0.6 is 0 Å². The Morgan fingerprint density at radius 1 is 1.03 bits per heavy atom. The maximum atomic E-state index is 13.1. The Kier molecular flexibility index (Phi) is 6.98. The van der Waals surface area contributed by atoms with Crippen LogP contribution in [0.4, 0.5) is 0 Å². The lowest BCUT2D eigenvalue weighted by Crippen LogP contribution is -2.43. The van der Waals surface area contributed by atoms with E-state index in [2.05, 4.69) is 9.72 Å². The molecule has 0 bridgehead atoms. The van der Waals surface area contributed by atoms with Gasteiger partial charge in [0, 0.05) is 13.7 Å². The van der Waals surface area contributed by atoms with E-state index in [1.165, 1.54) is 18.0 Å². The highest BCUT2D eigenvalue weighted by Gasteiger charge is 2.20. The van der Waals surface area contributed by atoms with E-state index in [0.29, 0.717) is 13.2 Å². The average molecular weight is 430 g/mol. The predicted octanol–water partition coefficient (Wildman–Crippen LogP) is -0.229. The van der Waals surface area contributed by atoms with Crippen molar-refractivity contribution < 1.29 is 23.8 Å². The van der Waals surface area contributed by atoms with Crippen LogP contribution in [0.25, 0.3) is 11.2 Å². The summed E-state index contributed by atoms with van der Waals surface area (Å²) >= 11 is 0. The smallest absolute Gasteiger partial charge is 0.344 e. The van der Waals surface area contributed by atoms with Gasteiger partial charge in [-0.3, -0.25) is 14.2 Å². The zero-order valence-electron chi connectivity index (χ0n) is 17.1. The van der Waals surface area contributed by atoms with Gasteiger partial charge in [0.25, 0.3) is 5.56 Å². The quantitative estimate of drug-likeness (QED) is 0.427. The number of rotatable bonds is 9. The van der Waals surface area contributed by atoms with Gasteiger partial charge in [0.05, 0.1) is 26.6 Å². The van der Waals surface area contributed by atoms with Gasteiger partial charge in [0.2, 0.25) is 0 Å². The molecule has 0 saturated heterocycles. The Balaban J connectivity index is 2.07. The summed E-state index contributed by atoms with van der Waals surface area (Å²) < 4.78 is 17.9. The maximum Gasteiger partial charge on any atom is 0.344 e. The lowest BCUT2D eigenvalue weighted by atomic mass is 10.2. The number of benzene rings is 1. The van der Waals surface area contributed by atoms with E-state index in [1.807, 2.05) is 30.3 Å². The summed E-state index contributed by atoms with van der Waals surface area (Å²) in [6.45, 7) is -0.470. The van der Waals surface area contributed by atoms with Gasteiger partial charge in [0.15, 0.2) is 17.8 Å². The summed E-state index contributed by atoms with van der Waals surface area (Å²) in [6.07, 6.45) is 1.45. The second-order valence-corrected chi connectivity index (χ2v) is 6.59. The van der Waals surface area contributed by atoms with Crippen LogP contribution in [0, 0.1) is 0 Å². The number of fused-ring (bicyclic) bond motifs is 1. The second kappa shape index (κ2) is 9.85. The second-order valence-electron chi connectivity index (χ2n) is 6.59. The Hall–Kier alpha value is -3.73. The summed E-state index contributed by atoms with van der Waals surface area (Å²) in [4.78, 5) is 53.8. The highest BCUT2D eigenvalue weighted by Crippen LogP contribution is 2.10. The molecule has 2 heterocycles. The molecule has 0 fully saturated rings. The van der Waals surface area contributed by atoms with Crippen LogP contribution in [0.3, 0.4) is 0 Å². The first kappa shape index (κ1) is 22.0. The van der Waals surface area contributed by atoms with Crippen LogP contribution in [0.2, 0.25) is 0 Å². The highest BCUT2D eigenvalue weighted by atomic mass is 16.6. The molecule has 11 heteroatoms. The number of imidazole rings is 1. The lowest BCUT2D eigenvalue weighted by Gasteiger charge is -2.12. The van der Waals surface area contributed by atoms with Gasteiger partial charge in [-0.15, -0.1) is 0 Å². The normalized spacial score (nSPS) is 10.9. The molecule has 0 unspecified atom stereocenters. The fourth-order valence-electron chi connectivity index (χ4n) is 3.02. The molecule has 31 heavy (non-hydrogen) atoms. The minimum Gasteiger partial charge on any atom is -0.466 e. The minimum absolute atomic E-state index is 0.148. The standard InChI is InChI=1S/C20H22N4O7/c1-29-9-8-22-13-21-18-17(22)19(27)24(11-15(25)31-12-16(26)30-2)20(28)23(18)10-14-6-4-3-5-7-14/h3-7,13H,8-12H2,1-2H3. The molecule has 0 aliphatic heterocycles. The predicted molar refractivity (Wildman–Crippen MR) is 109 cm³/mol. The van der Waals surface area contributed by atoms with E-state index in [9.17, 15) is 19.2 Å². The molecule has 0 aliphatic carbocycles. The van der Waals surface area contributed by atoms with Crippen molar-refractivity contribution in [2.75, 3.05) is 27.4 Å². The Morgan fingerprint density at radius 2 is 1.77 bits per heavy atom. The number of carbonyl (C=O) groups is 2. The molecule has 0 N–H and O–H groups in total.